The van der Waals surface area contributed by atoms with Crippen LogP contribution in [-0.2, 0) is 0 Å². The van der Waals surface area contributed by atoms with Crippen LogP contribution in [0.4, 0.5) is 0 Å². The average Bonchev–Trinajstić information content (AvgIpc) is 3.32. The minimum absolute atomic E-state index is 0.632. The molecule has 2 heterocycles. The van der Waals surface area contributed by atoms with Gasteiger partial charge in [0.2, 0.25) is 0 Å². The Labute approximate surface area is 337 Å². The number of hydrogen-bond acceptors (Lipinski definition) is 4. The molecule has 0 saturated carbocycles. The fourth-order valence-electron chi connectivity index (χ4n) is 7.64. The van der Waals surface area contributed by atoms with Crippen LogP contribution in [0.2, 0.25) is 0 Å². The molecule has 0 aliphatic heterocycles. The van der Waals surface area contributed by atoms with Crippen molar-refractivity contribution in [2.24, 2.45) is 0 Å². The molecule has 4 nitrogen and oxygen atoms in total. The second-order valence-electron chi connectivity index (χ2n) is 14.3. The van der Waals surface area contributed by atoms with Crippen LogP contribution < -0.4 is 0 Å². The zero-order valence-corrected chi connectivity index (χ0v) is 31.6. The molecule has 0 aliphatic carbocycles. The van der Waals surface area contributed by atoms with Crippen LogP contribution >= 0.6 is 0 Å². The molecule has 10 aromatic rings. The van der Waals surface area contributed by atoms with Gasteiger partial charge in [-0.25, -0.2) is 19.9 Å². The molecule has 0 atom stereocenters. The first kappa shape index (κ1) is 34.7. The second-order valence-corrected chi connectivity index (χ2v) is 14.3. The van der Waals surface area contributed by atoms with Crippen LogP contribution in [0.5, 0.6) is 0 Å². The van der Waals surface area contributed by atoms with Gasteiger partial charge in [0.25, 0.3) is 0 Å². The second kappa shape index (κ2) is 15.4. The molecule has 0 unspecified atom stereocenters. The van der Waals surface area contributed by atoms with E-state index >= 15 is 0 Å². The van der Waals surface area contributed by atoms with Gasteiger partial charge in [0.05, 0.1) is 11.4 Å². The van der Waals surface area contributed by atoms with Crippen molar-refractivity contribution in [1.82, 2.24) is 19.9 Å². The lowest BCUT2D eigenvalue weighted by atomic mass is 9.90. The summed E-state index contributed by atoms with van der Waals surface area (Å²) in [6.07, 6.45) is 0. The van der Waals surface area contributed by atoms with Crippen LogP contribution in [0, 0.1) is 0 Å². The first-order chi connectivity index (χ1) is 28.7. The summed E-state index contributed by atoms with van der Waals surface area (Å²) in [4.78, 5) is 20.1. The average molecular weight is 741 g/mol. The van der Waals surface area contributed by atoms with E-state index < -0.39 is 0 Å². The summed E-state index contributed by atoms with van der Waals surface area (Å²) in [5.41, 5.74) is 13.7. The van der Waals surface area contributed by atoms with Crippen molar-refractivity contribution in [2.45, 2.75) is 0 Å². The lowest BCUT2D eigenvalue weighted by Gasteiger charge is -2.14. The molecule has 0 bridgehead atoms. The van der Waals surface area contributed by atoms with Crippen LogP contribution in [-0.4, -0.2) is 19.9 Å². The number of aromatic nitrogens is 4. The minimum atomic E-state index is 0.632. The van der Waals surface area contributed by atoms with Gasteiger partial charge in [0.15, 0.2) is 17.5 Å². The number of benzene rings is 8. The third-order valence-electron chi connectivity index (χ3n) is 10.5. The Morgan fingerprint density at radius 1 is 0.207 bits per heavy atom. The van der Waals surface area contributed by atoms with E-state index in [0.717, 1.165) is 72.6 Å². The maximum atomic E-state index is 5.21. The predicted octanol–water partition coefficient (Wildman–Crippen LogP) is 13.8. The zero-order valence-electron chi connectivity index (χ0n) is 31.6. The lowest BCUT2D eigenvalue weighted by Crippen LogP contribution is -2.00. The molecule has 0 saturated heterocycles. The summed E-state index contributed by atoms with van der Waals surface area (Å²) in [6, 6.07) is 75.9. The normalized spacial score (nSPS) is 11.1. The van der Waals surface area contributed by atoms with E-state index in [1.54, 1.807) is 0 Å². The van der Waals surface area contributed by atoms with Crippen molar-refractivity contribution in [3.63, 3.8) is 0 Å². The molecule has 0 amide bonds. The number of rotatable bonds is 8. The highest BCUT2D eigenvalue weighted by atomic mass is 15.0. The van der Waals surface area contributed by atoms with Gasteiger partial charge in [-0.05, 0) is 68.4 Å². The standard InChI is InChI=1S/C54H36N4/c1-5-17-37(18-6-1)45-35-50(38-19-7-2-8-20-38)55-51(36-45)43-27-15-25-41(33-43)46-31-32-47(49-30-14-13-29-48(46)49)42-26-16-28-44(34-42)54-57-52(39-21-9-3-10-22-39)56-53(58-54)40-23-11-4-12-24-40/h1-36H. The summed E-state index contributed by atoms with van der Waals surface area (Å²) in [7, 11) is 0. The fraction of sp³-hybridized carbons (Fsp3) is 0. The summed E-state index contributed by atoms with van der Waals surface area (Å²) >= 11 is 0. The Balaban J connectivity index is 1.05. The van der Waals surface area contributed by atoms with Gasteiger partial charge < -0.3 is 0 Å². The molecular weight excluding hydrogens is 705 g/mol. The van der Waals surface area contributed by atoms with Crippen LogP contribution in [0.3, 0.4) is 0 Å². The highest BCUT2D eigenvalue weighted by Gasteiger charge is 2.16. The SMILES string of the molecule is c1ccc(-c2cc(-c3ccccc3)nc(-c3cccc(-c4ccc(-c5cccc(-c6nc(-c7ccccc7)nc(-c7ccccc7)n6)c5)c5ccccc45)c3)c2)cc1. The molecular formula is C54H36N4. The maximum Gasteiger partial charge on any atom is 0.164 e. The van der Waals surface area contributed by atoms with Crippen LogP contribution in [0.15, 0.2) is 218 Å². The monoisotopic (exact) mass is 740 g/mol. The summed E-state index contributed by atoms with van der Waals surface area (Å²) in [5.74, 6) is 1.92. The van der Waals surface area contributed by atoms with E-state index in [1.165, 1.54) is 10.8 Å². The molecule has 0 N–H and O–H groups in total. The third-order valence-corrected chi connectivity index (χ3v) is 10.5. The Bertz CT molecular complexity index is 2710. The van der Waals surface area contributed by atoms with Gasteiger partial charge in [0, 0.05) is 27.8 Å². The number of nitrogens with zero attached hydrogens (tertiary/aromatic N) is 4. The van der Waals surface area contributed by atoms with Gasteiger partial charge in [-0.1, -0.05) is 194 Å². The van der Waals surface area contributed by atoms with Crippen molar-refractivity contribution in [2.75, 3.05) is 0 Å². The Morgan fingerprint density at radius 3 is 1.09 bits per heavy atom. The van der Waals surface area contributed by atoms with Crippen molar-refractivity contribution < 1.29 is 0 Å². The van der Waals surface area contributed by atoms with Gasteiger partial charge in [-0.3, -0.25) is 0 Å². The predicted molar refractivity (Wildman–Crippen MR) is 239 cm³/mol. The Kier molecular flexibility index (Phi) is 9.18. The van der Waals surface area contributed by atoms with E-state index in [4.69, 9.17) is 19.9 Å². The third kappa shape index (κ3) is 6.95. The van der Waals surface area contributed by atoms with Gasteiger partial charge in [0.1, 0.15) is 0 Å². The first-order valence-corrected chi connectivity index (χ1v) is 19.5. The molecule has 2 aromatic heterocycles. The molecule has 0 radical (unpaired) electrons. The highest BCUT2D eigenvalue weighted by Crippen LogP contribution is 2.39. The van der Waals surface area contributed by atoms with Crippen molar-refractivity contribution in [1.29, 1.82) is 0 Å². The number of pyridine rings is 1. The molecule has 0 aliphatic rings. The van der Waals surface area contributed by atoms with E-state index in [-0.39, 0.29) is 0 Å². The molecule has 4 heteroatoms. The van der Waals surface area contributed by atoms with E-state index in [2.05, 4.69) is 152 Å². The topological polar surface area (TPSA) is 51.6 Å². The van der Waals surface area contributed by atoms with Crippen molar-refractivity contribution >= 4 is 10.8 Å². The summed E-state index contributed by atoms with van der Waals surface area (Å²) in [6.45, 7) is 0. The quantitative estimate of drug-likeness (QED) is 0.156. The zero-order chi connectivity index (χ0) is 38.7. The summed E-state index contributed by atoms with van der Waals surface area (Å²) < 4.78 is 0. The largest absolute Gasteiger partial charge is 0.248 e. The first-order valence-electron chi connectivity index (χ1n) is 19.5. The summed E-state index contributed by atoms with van der Waals surface area (Å²) in [5, 5.41) is 2.35. The highest BCUT2D eigenvalue weighted by molar-refractivity contribution is 6.05. The number of fused-ring (bicyclic) bond motifs is 1. The van der Waals surface area contributed by atoms with Crippen molar-refractivity contribution in [3.05, 3.63) is 218 Å². The smallest absolute Gasteiger partial charge is 0.164 e. The van der Waals surface area contributed by atoms with Crippen molar-refractivity contribution in [3.8, 4) is 90.1 Å². The molecule has 0 spiro atoms. The van der Waals surface area contributed by atoms with E-state index in [1.807, 2.05) is 66.7 Å². The van der Waals surface area contributed by atoms with Crippen LogP contribution in [0.1, 0.15) is 0 Å². The van der Waals surface area contributed by atoms with Gasteiger partial charge >= 0.3 is 0 Å². The van der Waals surface area contributed by atoms with Gasteiger partial charge in [-0.15, -0.1) is 0 Å². The van der Waals surface area contributed by atoms with E-state index in [0.29, 0.717) is 17.5 Å². The molecule has 8 aromatic carbocycles. The molecule has 0 fully saturated rings. The van der Waals surface area contributed by atoms with Gasteiger partial charge in [-0.2, -0.15) is 0 Å². The molecule has 58 heavy (non-hydrogen) atoms. The van der Waals surface area contributed by atoms with Crippen LogP contribution in [0.25, 0.3) is 101 Å². The molecule has 10 rings (SSSR count). The fourth-order valence-corrected chi connectivity index (χ4v) is 7.64. The van der Waals surface area contributed by atoms with E-state index in [9.17, 15) is 0 Å². The Morgan fingerprint density at radius 2 is 0.569 bits per heavy atom. The lowest BCUT2D eigenvalue weighted by molar-refractivity contribution is 1.07. The number of hydrogen-bond donors (Lipinski definition) is 0. The Hall–Kier alpha value is -7.82. The maximum absolute atomic E-state index is 5.21. The minimum Gasteiger partial charge on any atom is -0.248 e. The molecule has 272 valence electrons.